The summed E-state index contributed by atoms with van der Waals surface area (Å²) in [5, 5.41) is 0. The normalized spacial score (nSPS) is 28.9. The van der Waals surface area contributed by atoms with Gasteiger partial charge < -0.3 is 4.74 Å². The van der Waals surface area contributed by atoms with E-state index in [2.05, 4.69) is 14.9 Å². The SMILES string of the molecule is O=S1(=O)CC[C@H](COc2ncccn2)C12CN(CC1CCCC1)C2. The highest BCUT2D eigenvalue weighted by molar-refractivity contribution is 7.93. The van der Waals surface area contributed by atoms with Crippen LogP contribution in [-0.4, -0.2) is 60.0 Å². The Morgan fingerprint density at radius 2 is 1.88 bits per heavy atom. The van der Waals surface area contributed by atoms with Gasteiger partial charge in [-0.2, -0.15) is 0 Å². The van der Waals surface area contributed by atoms with Gasteiger partial charge in [-0.1, -0.05) is 12.8 Å². The molecule has 1 atom stereocenters. The van der Waals surface area contributed by atoms with Crippen molar-refractivity contribution in [2.45, 2.75) is 36.9 Å². The predicted octanol–water partition coefficient (Wildman–Crippen LogP) is 1.53. The van der Waals surface area contributed by atoms with Crippen LogP contribution in [0, 0.1) is 11.8 Å². The van der Waals surface area contributed by atoms with E-state index in [1.54, 1.807) is 18.5 Å². The second-order valence-electron chi connectivity index (χ2n) is 7.53. The van der Waals surface area contributed by atoms with Crippen molar-refractivity contribution in [3.63, 3.8) is 0 Å². The van der Waals surface area contributed by atoms with E-state index >= 15 is 0 Å². The van der Waals surface area contributed by atoms with Crippen LogP contribution in [0.3, 0.4) is 0 Å². The average Bonchev–Trinajstić information content (AvgIpc) is 3.13. The Kier molecular flexibility index (Phi) is 4.24. The van der Waals surface area contributed by atoms with Gasteiger partial charge in [0, 0.05) is 37.9 Å². The summed E-state index contributed by atoms with van der Waals surface area (Å²) in [4.78, 5) is 10.5. The monoisotopic (exact) mass is 351 g/mol. The molecule has 1 aromatic rings. The van der Waals surface area contributed by atoms with Gasteiger partial charge in [-0.15, -0.1) is 0 Å². The molecule has 4 rings (SSSR count). The highest BCUT2D eigenvalue weighted by Crippen LogP contribution is 2.45. The number of likely N-dealkylation sites (tertiary alicyclic amines) is 1. The molecule has 1 aromatic heterocycles. The van der Waals surface area contributed by atoms with E-state index in [4.69, 9.17) is 4.74 Å². The summed E-state index contributed by atoms with van der Waals surface area (Å²) in [7, 11) is -3.03. The third-order valence-electron chi connectivity index (χ3n) is 6.03. The molecule has 0 N–H and O–H groups in total. The number of ether oxygens (including phenoxy) is 1. The maximum Gasteiger partial charge on any atom is 0.316 e. The van der Waals surface area contributed by atoms with Crippen molar-refractivity contribution in [2.24, 2.45) is 11.8 Å². The molecular formula is C17H25N3O3S. The minimum atomic E-state index is -3.03. The Bertz CT molecular complexity index is 668. The molecule has 6 nitrogen and oxygen atoms in total. The molecule has 0 radical (unpaired) electrons. The quantitative estimate of drug-likeness (QED) is 0.801. The lowest BCUT2D eigenvalue weighted by atomic mass is 9.83. The number of sulfone groups is 1. The molecule has 7 heteroatoms. The zero-order chi connectivity index (χ0) is 16.6. The fourth-order valence-corrected chi connectivity index (χ4v) is 7.09. The predicted molar refractivity (Wildman–Crippen MR) is 90.5 cm³/mol. The minimum Gasteiger partial charge on any atom is -0.463 e. The highest BCUT2D eigenvalue weighted by atomic mass is 32.2. The summed E-state index contributed by atoms with van der Waals surface area (Å²) < 4.78 is 30.4. The summed E-state index contributed by atoms with van der Waals surface area (Å²) in [5.41, 5.74) is 0. The van der Waals surface area contributed by atoms with Gasteiger partial charge in [0.05, 0.1) is 12.4 Å². The van der Waals surface area contributed by atoms with E-state index < -0.39 is 14.6 Å². The van der Waals surface area contributed by atoms with Gasteiger partial charge in [-0.25, -0.2) is 18.4 Å². The Labute approximate surface area is 143 Å². The summed E-state index contributed by atoms with van der Waals surface area (Å²) in [6.45, 7) is 2.80. The number of hydrogen-bond acceptors (Lipinski definition) is 6. The molecule has 0 amide bonds. The van der Waals surface area contributed by atoms with Crippen LogP contribution in [-0.2, 0) is 9.84 Å². The van der Waals surface area contributed by atoms with Crippen LogP contribution in [0.15, 0.2) is 18.5 Å². The van der Waals surface area contributed by atoms with E-state index in [0.29, 0.717) is 32.1 Å². The molecule has 2 aliphatic heterocycles. The first-order valence-electron chi connectivity index (χ1n) is 8.93. The number of rotatable bonds is 5. The van der Waals surface area contributed by atoms with Crippen LogP contribution in [0.2, 0.25) is 0 Å². The van der Waals surface area contributed by atoms with E-state index in [0.717, 1.165) is 12.5 Å². The number of aromatic nitrogens is 2. The topological polar surface area (TPSA) is 72.4 Å². The van der Waals surface area contributed by atoms with E-state index in [-0.39, 0.29) is 11.7 Å². The summed E-state index contributed by atoms with van der Waals surface area (Å²) in [6, 6.07) is 2.07. The van der Waals surface area contributed by atoms with Gasteiger partial charge in [-0.05, 0) is 31.2 Å². The molecule has 132 valence electrons. The molecule has 1 saturated carbocycles. The molecule has 0 unspecified atom stereocenters. The minimum absolute atomic E-state index is 0.0473. The zero-order valence-electron chi connectivity index (χ0n) is 13.9. The molecule has 0 bridgehead atoms. The number of hydrogen-bond donors (Lipinski definition) is 0. The number of nitrogens with zero attached hydrogens (tertiary/aromatic N) is 3. The van der Waals surface area contributed by atoms with Gasteiger partial charge in [0.15, 0.2) is 9.84 Å². The van der Waals surface area contributed by atoms with E-state index in [1.807, 2.05) is 0 Å². The first-order chi connectivity index (χ1) is 11.6. The maximum atomic E-state index is 12.7. The molecule has 24 heavy (non-hydrogen) atoms. The molecule has 1 aliphatic carbocycles. The standard InChI is InChI=1S/C17H25N3O3S/c21-24(22)9-6-15(11-23-16-18-7-3-8-19-16)17(24)12-20(13-17)10-14-4-1-2-5-14/h3,7-8,14-15H,1-2,4-6,9-13H2/t15-/m1/s1. The van der Waals surface area contributed by atoms with Crippen molar-refractivity contribution >= 4 is 9.84 Å². The smallest absolute Gasteiger partial charge is 0.316 e. The van der Waals surface area contributed by atoms with Crippen molar-refractivity contribution in [2.75, 3.05) is 32.0 Å². The summed E-state index contributed by atoms with van der Waals surface area (Å²) in [6.07, 6.45) is 9.21. The zero-order valence-corrected chi connectivity index (χ0v) is 14.7. The molecule has 1 spiro atoms. The largest absolute Gasteiger partial charge is 0.463 e. The van der Waals surface area contributed by atoms with Crippen molar-refractivity contribution in [1.29, 1.82) is 0 Å². The van der Waals surface area contributed by atoms with Crippen molar-refractivity contribution in [3.8, 4) is 6.01 Å². The lowest BCUT2D eigenvalue weighted by Crippen LogP contribution is -2.68. The molecule has 3 heterocycles. The third-order valence-corrected chi connectivity index (χ3v) is 8.63. The van der Waals surface area contributed by atoms with E-state index in [9.17, 15) is 8.42 Å². The Morgan fingerprint density at radius 3 is 2.58 bits per heavy atom. The Morgan fingerprint density at radius 1 is 1.17 bits per heavy atom. The fourth-order valence-electron chi connectivity index (χ4n) is 4.64. The third kappa shape index (κ3) is 2.81. The first-order valence-corrected chi connectivity index (χ1v) is 10.6. The van der Waals surface area contributed by atoms with Crippen LogP contribution in [0.1, 0.15) is 32.1 Å². The highest BCUT2D eigenvalue weighted by Gasteiger charge is 2.61. The van der Waals surface area contributed by atoms with Gasteiger partial charge in [0.1, 0.15) is 4.75 Å². The molecule has 3 aliphatic rings. The van der Waals surface area contributed by atoms with Crippen molar-refractivity contribution in [3.05, 3.63) is 18.5 Å². The molecule has 2 saturated heterocycles. The van der Waals surface area contributed by atoms with Crippen molar-refractivity contribution < 1.29 is 13.2 Å². The van der Waals surface area contributed by atoms with Crippen LogP contribution in [0.4, 0.5) is 0 Å². The van der Waals surface area contributed by atoms with Crippen LogP contribution < -0.4 is 4.74 Å². The van der Waals surface area contributed by atoms with Crippen LogP contribution >= 0.6 is 0 Å². The summed E-state index contributed by atoms with van der Waals surface area (Å²) >= 11 is 0. The maximum absolute atomic E-state index is 12.7. The Hall–Kier alpha value is -1.21. The lowest BCUT2D eigenvalue weighted by molar-refractivity contribution is 0.0514. The van der Waals surface area contributed by atoms with Crippen molar-refractivity contribution in [1.82, 2.24) is 14.9 Å². The summed E-state index contributed by atoms with van der Waals surface area (Å²) in [5.74, 6) is 1.10. The lowest BCUT2D eigenvalue weighted by Gasteiger charge is -2.50. The van der Waals surface area contributed by atoms with Gasteiger partial charge in [0.2, 0.25) is 0 Å². The average molecular weight is 351 g/mol. The van der Waals surface area contributed by atoms with Gasteiger partial charge >= 0.3 is 6.01 Å². The van der Waals surface area contributed by atoms with Gasteiger partial charge in [-0.3, -0.25) is 4.90 Å². The molecule has 0 aromatic carbocycles. The van der Waals surface area contributed by atoms with Gasteiger partial charge in [0.25, 0.3) is 0 Å². The molecular weight excluding hydrogens is 326 g/mol. The second kappa shape index (κ2) is 6.26. The first kappa shape index (κ1) is 16.3. The van der Waals surface area contributed by atoms with Crippen LogP contribution in [0.5, 0.6) is 6.01 Å². The van der Waals surface area contributed by atoms with Crippen LogP contribution in [0.25, 0.3) is 0 Å². The Balaban J connectivity index is 1.39. The molecule has 3 fully saturated rings. The second-order valence-corrected chi connectivity index (χ2v) is 9.98. The fraction of sp³-hybridized carbons (Fsp3) is 0.765. The van der Waals surface area contributed by atoms with E-state index in [1.165, 1.54) is 25.7 Å².